The molecular formula is C20H21N3O3S. The van der Waals surface area contributed by atoms with Crippen LogP contribution in [0, 0.1) is 6.92 Å². The Morgan fingerprint density at radius 3 is 2.78 bits per heavy atom. The van der Waals surface area contributed by atoms with Crippen LogP contribution >= 0.6 is 11.8 Å². The van der Waals surface area contributed by atoms with E-state index in [1.54, 1.807) is 26.3 Å². The molecule has 2 aromatic rings. The largest absolute Gasteiger partial charge is 0.494 e. The van der Waals surface area contributed by atoms with Crippen LogP contribution in [-0.2, 0) is 9.59 Å². The van der Waals surface area contributed by atoms with Crippen molar-refractivity contribution in [2.45, 2.75) is 18.6 Å². The topological polar surface area (TPSA) is 71.0 Å². The highest BCUT2D eigenvalue weighted by Gasteiger charge is 2.34. The number of nitrogens with one attached hydrogen (secondary N) is 1. The van der Waals surface area contributed by atoms with Gasteiger partial charge in [0, 0.05) is 19.2 Å². The Hall–Kier alpha value is -2.80. The molecule has 0 saturated carbocycles. The van der Waals surface area contributed by atoms with Gasteiger partial charge in [0.05, 0.1) is 7.11 Å². The van der Waals surface area contributed by atoms with Gasteiger partial charge in [-0.25, -0.2) is 4.99 Å². The third-order valence-corrected chi connectivity index (χ3v) is 5.39. The molecule has 2 amide bonds. The van der Waals surface area contributed by atoms with E-state index >= 15 is 0 Å². The molecule has 1 unspecified atom stereocenters. The van der Waals surface area contributed by atoms with Gasteiger partial charge in [0.15, 0.2) is 5.17 Å². The normalized spacial score (nSPS) is 18.5. The van der Waals surface area contributed by atoms with E-state index in [0.29, 0.717) is 16.6 Å². The van der Waals surface area contributed by atoms with Gasteiger partial charge < -0.3 is 10.1 Å². The van der Waals surface area contributed by atoms with E-state index < -0.39 is 5.25 Å². The number of amides is 2. The van der Waals surface area contributed by atoms with Gasteiger partial charge in [0.2, 0.25) is 11.8 Å². The standard InChI is InChI=1S/C20H21N3O3S/c1-13-7-6-8-14(11-13)21-19(25)17-12-18(24)23(2)20(27-17)22-15-9-4-5-10-16(15)26-3/h4-11,17H,12H2,1-3H3,(H,21,25). The molecule has 140 valence electrons. The van der Waals surface area contributed by atoms with Gasteiger partial charge in [0.1, 0.15) is 16.7 Å². The van der Waals surface area contributed by atoms with Gasteiger partial charge in [-0.15, -0.1) is 0 Å². The molecule has 0 bridgehead atoms. The number of rotatable bonds is 4. The van der Waals surface area contributed by atoms with Crippen molar-refractivity contribution >= 4 is 40.1 Å². The van der Waals surface area contributed by atoms with Crippen LogP contribution in [0.5, 0.6) is 5.75 Å². The van der Waals surface area contributed by atoms with Crippen LogP contribution in [0.2, 0.25) is 0 Å². The summed E-state index contributed by atoms with van der Waals surface area (Å²) in [5.74, 6) is 0.254. The monoisotopic (exact) mass is 383 g/mol. The van der Waals surface area contributed by atoms with E-state index in [4.69, 9.17) is 4.74 Å². The molecule has 6 nitrogen and oxygen atoms in total. The summed E-state index contributed by atoms with van der Waals surface area (Å²) in [5, 5.41) is 2.82. The lowest BCUT2D eigenvalue weighted by molar-refractivity contribution is -0.128. The minimum absolute atomic E-state index is 0.129. The molecule has 1 atom stereocenters. The van der Waals surface area contributed by atoms with Crippen molar-refractivity contribution in [1.29, 1.82) is 0 Å². The van der Waals surface area contributed by atoms with Crippen LogP contribution < -0.4 is 10.1 Å². The van der Waals surface area contributed by atoms with Crippen LogP contribution in [0.1, 0.15) is 12.0 Å². The molecule has 1 aliphatic heterocycles. The van der Waals surface area contributed by atoms with Crippen LogP contribution in [0.25, 0.3) is 0 Å². The van der Waals surface area contributed by atoms with Crippen molar-refractivity contribution in [3.05, 3.63) is 54.1 Å². The number of thioether (sulfide) groups is 1. The minimum Gasteiger partial charge on any atom is -0.494 e. The molecule has 3 rings (SSSR count). The lowest BCUT2D eigenvalue weighted by atomic mass is 10.2. The fourth-order valence-corrected chi connectivity index (χ4v) is 3.73. The molecule has 1 heterocycles. The number of hydrogen-bond acceptors (Lipinski definition) is 5. The maximum atomic E-state index is 12.7. The second-order valence-corrected chi connectivity index (χ2v) is 7.36. The van der Waals surface area contributed by atoms with Gasteiger partial charge in [-0.1, -0.05) is 36.0 Å². The Labute approximate surface area is 162 Å². The number of hydrogen-bond donors (Lipinski definition) is 1. The number of nitrogens with zero attached hydrogens (tertiary/aromatic N) is 2. The Morgan fingerprint density at radius 2 is 2.04 bits per heavy atom. The number of aliphatic imine (C=N–C) groups is 1. The van der Waals surface area contributed by atoms with Crippen LogP contribution in [0.3, 0.4) is 0 Å². The minimum atomic E-state index is -0.539. The van der Waals surface area contributed by atoms with Crippen molar-refractivity contribution in [2.24, 2.45) is 4.99 Å². The van der Waals surface area contributed by atoms with Crippen molar-refractivity contribution in [3.8, 4) is 5.75 Å². The van der Waals surface area contributed by atoms with Crippen molar-refractivity contribution in [2.75, 3.05) is 19.5 Å². The fourth-order valence-electron chi connectivity index (χ4n) is 2.67. The summed E-state index contributed by atoms with van der Waals surface area (Å²) in [6, 6.07) is 14.9. The van der Waals surface area contributed by atoms with E-state index in [1.807, 2.05) is 43.3 Å². The van der Waals surface area contributed by atoms with Crippen molar-refractivity contribution in [3.63, 3.8) is 0 Å². The van der Waals surface area contributed by atoms with Gasteiger partial charge in [-0.05, 0) is 36.8 Å². The van der Waals surface area contributed by atoms with Crippen LogP contribution in [0.4, 0.5) is 11.4 Å². The SMILES string of the molecule is COc1ccccc1N=C1SC(C(=O)Nc2cccc(C)c2)CC(=O)N1C. The number of benzene rings is 2. The molecule has 1 fully saturated rings. The Morgan fingerprint density at radius 1 is 1.26 bits per heavy atom. The van der Waals surface area contributed by atoms with Crippen LogP contribution in [0.15, 0.2) is 53.5 Å². The average molecular weight is 383 g/mol. The Kier molecular flexibility index (Phi) is 5.81. The average Bonchev–Trinajstić information content (AvgIpc) is 2.65. The van der Waals surface area contributed by atoms with E-state index in [2.05, 4.69) is 10.3 Å². The summed E-state index contributed by atoms with van der Waals surface area (Å²) in [4.78, 5) is 31.1. The Balaban J connectivity index is 1.81. The predicted octanol–water partition coefficient (Wildman–Crippen LogP) is 3.59. The number of carbonyl (C=O) groups excluding carboxylic acids is 2. The van der Waals surface area contributed by atoms with Gasteiger partial charge in [-0.3, -0.25) is 14.5 Å². The molecule has 0 radical (unpaired) electrons. The number of para-hydroxylation sites is 2. The quantitative estimate of drug-likeness (QED) is 0.876. The van der Waals surface area contributed by atoms with Crippen LogP contribution in [-0.4, -0.2) is 41.3 Å². The number of ether oxygens (including phenoxy) is 1. The zero-order valence-corrected chi connectivity index (χ0v) is 16.2. The first-order valence-electron chi connectivity index (χ1n) is 8.50. The molecule has 1 N–H and O–H groups in total. The Bertz CT molecular complexity index is 898. The molecule has 0 aliphatic carbocycles. The number of methoxy groups -OCH3 is 1. The molecule has 27 heavy (non-hydrogen) atoms. The molecule has 2 aromatic carbocycles. The number of carbonyl (C=O) groups is 2. The lowest BCUT2D eigenvalue weighted by Crippen LogP contribution is -2.43. The zero-order chi connectivity index (χ0) is 19.4. The van der Waals surface area contributed by atoms with Gasteiger partial charge in [0.25, 0.3) is 0 Å². The number of anilines is 1. The van der Waals surface area contributed by atoms with Gasteiger partial charge in [-0.2, -0.15) is 0 Å². The lowest BCUT2D eigenvalue weighted by Gasteiger charge is -2.29. The third-order valence-electron chi connectivity index (χ3n) is 4.15. The maximum Gasteiger partial charge on any atom is 0.238 e. The van der Waals surface area contributed by atoms with E-state index in [9.17, 15) is 9.59 Å². The van der Waals surface area contributed by atoms with E-state index in [0.717, 1.165) is 11.3 Å². The summed E-state index contributed by atoms with van der Waals surface area (Å²) in [6.45, 7) is 1.96. The second-order valence-electron chi connectivity index (χ2n) is 6.19. The molecule has 1 saturated heterocycles. The zero-order valence-electron chi connectivity index (χ0n) is 15.4. The first-order chi connectivity index (χ1) is 13.0. The highest BCUT2D eigenvalue weighted by molar-refractivity contribution is 8.15. The fraction of sp³-hybridized carbons (Fsp3) is 0.250. The molecule has 1 aliphatic rings. The smallest absolute Gasteiger partial charge is 0.238 e. The van der Waals surface area contributed by atoms with E-state index in [-0.39, 0.29) is 18.2 Å². The predicted molar refractivity (Wildman–Crippen MR) is 109 cm³/mol. The van der Waals surface area contributed by atoms with Gasteiger partial charge >= 0.3 is 0 Å². The first kappa shape index (κ1) is 19.0. The number of aryl methyl sites for hydroxylation is 1. The molecule has 0 spiro atoms. The summed E-state index contributed by atoms with van der Waals surface area (Å²) < 4.78 is 5.31. The highest BCUT2D eigenvalue weighted by Crippen LogP contribution is 2.32. The second kappa shape index (κ2) is 8.26. The third kappa shape index (κ3) is 4.49. The summed E-state index contributed by atoms with van der Waals surface area (Å²) >= 11 is 1.28. The molecule has 0 aromatic heterocycles. The van der Waals surface area contributed by atoms with E-state index in [1.165, 1.54) is 16.7 Å². The maximum absolute atomic E-state index is 12.7. The molecule has 7 heteroatoms. The summed E-state index contributed by atoms with van der Waals surface area (Å²) in [7, 11) is 3.23. The first-order valence-corrected chi connectivity index (χ1v) is 9.38. The highest BCUT2D eigenvalue weighted by atomic mass is 32.2. The number of amidine groups is 1. The molecular weight excluding hydrogens is 362 g/mol. The van der Waals surface area contributed by atoms with Crippen molar-refractivity contribution in [1.82, 2.24) is 4.90 Å². The van der Waals surface area contributed by atoms with Crippen molar-refractivity contribution < 1.29 is 14.3 Å². The summed E-state index contributed by atoms with van der Waals surface area (Å²) in [5.41, 5.74) is 2.38. The summed E-state index contributed by atoms with van der Waals surface area (Å²) in [6.07, 6.45) is 0.129.